The minimum absolute atomic E-state index is 0.0710. The van der Waals surface area contributed by atoms with Crippen molar-refractivity contribution in [1.29, 1.82) is 0 Å². The molecule has 142 valence electrons. The largest absolute Gasteiger partial charge is 0.496 e. The molecule has 2 aromatic carbocycles. The number of thiophene rings is 1. The van der Waals surface area contributed by atoms with Crippen molar-refractivity contribution in [3.63, 3.8) is 0 Å². The van der Waals surface area contributed by atoms with E-state index in [4.69, 9.17) is 4.74 Å². The summed E-state index contributed by atoms with van der Waals surface area (Å²) in [6, 6.07) is 13.8. The quantitative estimate of drug-likeness (QED) is 0.479. The lowest BCUT2D eigenvalue weighted by atomic mass is 10.2. The first-order chi connectivity index (χ1) is 13.5. The number of anilines is 2. The molecule has 3 aromatic rings. The molecule has 0 aliphatic rings. The molecule has 0 radical (unpaired) electrons. The topological polar surface area (TPSA) is 111 Å². The summed E-state index contributed by atoms with van der Waals surface area (Å²) in [7, 11) is 1.47. The van der Waals surface area contributed by atoms with Gasteiger partial charge in [-0.3, -0.25) is 19.7 Å². The van der Waals surface area contributed by atoms with Gasteiger partial charge in [-0.05, 0) is 35.7 Å². The van der Waals surface area contributed by atoms with E-state index in [9.17, 15) is 19.7 Å². The standard InChI is InChI=1S/C19H15N3O5S/c1-27-16-5-3-2-4-14(16)17(23)21-19-15(10-11-28-19)18(24)20-12-6-8-13(9-7-12)22(25)26/h2-11H,1H3,(H,20,24)(H,21,23). The molecule has 1 heterocycles. The van der Waals surface area contributed by atoms with Crippen LogP contribution >= 0.6 is 11.3 Å². The van der Waals surface area contributed by atoms with Crippen molar-refractivity contribution in [3.05, 3.63) is 81.2 Å². The lowest BCUT2D eigenvalue weighted by molar-refractivity contribution is -0.384. The molecule has 0 bridgehead atoms. The van der Waals surface area contributed by atoms with Crippen molar-refractivity contribution in [2.45, 2.75) is 0 Å². The van der Waals surface area contributed by atoms with Crippen LogP contribution in [0.25, 0.3) is 0 Å². The van der Waals surface area contributed by atoms with Crippen molar-refractivity contribution in [2.24, 2.45) is 0 Å². The maximum Gasteiger partial charge on any atom is 0.269 e. The van der Waals surface area contributed by atoms with Gasteiger partial charge in [-0.15, -0.1) is 11.3 Å². The van der Waals surface area contributed by atoms with E-state index in [1.807, 2.05) is 0 Å². The lowest BCUT2D eigenvalue weighted by Crippen LogP contribution is -2.17. The summed E-state index contributed by atoms with van der Waals surface area (Å²) in [5.74, 6) is -0.414. The molecule has 2 N–H and O–H groups in total. The van der Waals surface area contributed by atoms with E-state index in [0.717, 1.165) is 0 Å². The number of hydrogen-bond acceptors (Lipinski definition) is 6. The van der Waals surface area contributed by atoms with Gasteiger partial charge in [-0.2, -0.15) is 0 Å². The molecule has 1 aromatic heterocycles. The average Bonchev–Trinajstić information content (AvgIpc) is 3.16. The lowest BCUT2D eigenvalue weighted by Gasteiger charge is -2.10. The first kappa shape index (κ1) is 19.1. The molecule has 0 saturated carbocycles. The number of non-ortho nitro benzene ring substituents is 1. The fourth-order valence-electron chi connectivity index (χ4n) is 2.45. The molecule has 3 rings (SSSR count). The Labute approximate surface area is 163 Å². The number of benzene rings is 2. The number of methoxy groups -OCH3 is 1. The minimum Gasteiger partial charge on any atom is -0.496 e. The predicted octanol–water partition coefficient (Wildman–Crippen LogP) is 4.17. The second-order valence-corrected chi connectivity index (χ2v) is 6.49. The van der Waals surface area contributed by atoms with Gasteiger partial charge in [-0.25, -0.2) is 0 Å². The van der Waals surface area contributed by atoms with Crippen LogP contribution in [-0.2, 0) is 0 Å². The summed E-state index contributed by atoms with van der Waals surface area (Å²) in [6.07, 6.45) is 0. The Bertz CT molecular complexity index is 1030. The number of para-hydroxylation sites is 1. The zero-order valence-electron chi connectivity index (χ0n) is 14.7. The van der Waals surface area contributed by atoms with E-state index in [1.165, 1.54) is 42.7 Å². The van der Waals surface area contributed by atoms with E-state index < -0.39 is 16.7 Å². The molecule has 2 amide bonds. The number of carbonyl (C=O) groups excluding carboxylic acids is 2. The molecule has 9 heteroatoms. The van der Waals surface area contributed by atoms with Gasteiger partial charge < -0.3 is 15.4 Å². The highest BCUT2D eigenvalue weighted by Gasteiger charge is 2.18. The van der Waals surface area contributed by atoms with Crippen LogP contribution in [0, 0.1) is 10.1 Å². The van der Waals surface area contributed by atoms with E-state index in [-0.39, 0.29) is 11.3 Å². The zero-order valence-corrected chi connectivity index (χ0v) is 15.5. The van der Waals surface area contributed by atoms with E-state index in [1.54, 1.807) is 35.7 Å². The van der Waals surface area contributed by atoms with Gasteiger partial charge in [0.15, 0.2) is 0 Å². The van der Waals surface area contributed by atoms with Gasteiger partial charge in [0.25, 0.3) is 17.5 Å². The number of hydrogen-bond donors (Lipinski definition) is 2. The monoisotopic (exact) mass is 397 g/mol. The Balaban J connectivity index is 1.75. The van der Waals surface area contributed by atoms with E-state index >= 15 is 0 Å². The Morgan fingerprint density at radius 2 is 1.64 bits per heavy atom. The molecule has 8 nitrogen and oxygen atoms in total. The molecular formula is C19H15N3O5S. The van der Waals surface area contributed by atoms with Crippen molar-refractivity contribution in [1.82, 2.24) is 0 Å². The van der Waals surface area contributed by atoms with Gasteiger partial charge in [0.2, 0.25) is 0 Å². The summed E-state index contributed by atoms with van der Waals surface area (Å²) in [4.78, 5) is 35.3. The number of nitro benzene ring substituents is 1. The third-order valence-electron chi connectivity index (χ3n) is 3.82. The number of nitrogens with zero attached hydrogens (tertiary/aromatic N) is 1. The van der Waals surface area contributed by atoms with Gasteiger partial charge in [-0.1, -0.05) is 12.1 Å². The van der Waals surface area contributed by atoms with Crippen molar-refractivity contribution >= 4 is 39.5 Å². The predicted molar refractivity (Wildman–Crippen MR) is 106 cm³/mol. The van der Waals surface area contributed by atoms with Crippen LogP contribution < -0.4 is 15.4 Å². The van der Waals surface area contributed by atoms with Crippen LogP contribution in [0.1, 0.15) is 20.7 Å². The highest BCUT2D eigenvalue weighted by molar-refractivity contribution is 7.14. The Kier molecular flexibility index (Phi) is 5.66. The number of carbonyl (C=O) groups is 2. The summed E-state index contributed by atoms with van der Waals surface area (Å²) in [5, 5.41) is 18.1. The average molecular weight is 397 g/mol. The van der Waals surface area contributed by atoms with Crippen LogP contribution in [0.5, 0.6) is 5.75 Å². The third-order valence-corrected chi connectivity index (χ3v) is 4.65. The maximum absolute atomic E-state index is 12.5. The first-order valence-corrected chi connectivity index (χ1v) is 8.95. The Morgan fingerprint density at radius 3 is 2.32 bits per heavy atom. The van der Waals surface area contributed by atoms with Gasteiger partial charge in [0.05, 0.1) is 23.2 Å². The van der Waals surface area contributed by atoms with Crippen molar-refractivity contribution in [3.8, 4) is 5.75 Å². The summed E-state index contributed by atoms with van der Waals surface area (Å²) >= 11 is 1.21. The van der Waals surface area contributed by atoms with Gasteiger partial charge in [0, 0.05) is 17.8 Å². The number of nitrogens with one attached hydrogen (secondary N) is 2. The van der Waals surface area contributed by atoms with Crippen molar-refractivity contribution in [2.75, 3.05) is 17.7 Å². The molecule has 0 aliphatic heterocycles. The number of nitro groups is 1. The SMILES string of the molecule is COc1ccccc1C(=O)Nc1sccc1C(=O)Nc1ccc([N+](=O)[O-])cc1. The molecular weight excluding hydrogens is 382 g/mol. The fourth-order valence-corrected chi connectivity index (χ4v) is 3.23. The molecule has 0 fully saturated rings. The molecule has 0 unspecified atom stereocenters. The van der Waals surface area contributed by atoms with Crippen LogP contribution in [0.2, 0.25) is 0 Å². The van der Waals surface area contributed by atoms with Crippen molar-refractivity contribution < 1.29 is 19.2 Å². The highest BCUT2D eigenvalue weighted by Crippen LogP contribution is 2.27. The number of ether oxygens (including phenoxy) is 1. The Hall–Kier alpha value is -3.72. The summed E-state index contributed by atoms with van der Waals surface area (Å²) < 4.78 is 5.18. The molecule has 0 aliphatic carbocycles. The minimum atomic E-state index is -0.518. The second kappa shape index (κ2) is 8.31. The molecule has 0 atom stereocenters. The van der Waals surface area contributed by atoms with Crippen LogP contribution in [0.15, 0.2) is 60.0 Å². The number of rotatable bonds is 6. The smallest absolute Gasteiger partial charge is 0.269 e. The van der Waals surface area contributed by atoms with Gasteiger partial charge in [0.1, 0.15) is 10.8 Å². The molecule has 0 saturated heterocycles. The van der Waals surface area contributed by atoms with Crippen LogP contribution in [0.3, 0.4) is 0 Å². The molecule has 0 spiro atoms. The Morgan fingerprint density at radius 1 is 0.964 bits per heavy atom. The van der Waals surface area contributed by atoms with E-state index in [0.29, 0.717) is 22.0 Å². The van der Waals surface area contributed by atoms with Crippen LogP contribution in [0.4, 0.5) is 16.4 Å². The number of amides is 2. The summed E-state index contributed by atoms with van der Waals surface area (Å²) in [5.41, 5.74) is 0.967. The second-order valence-electron chi connectivity index (χ2n) is 5.58. The summed E-state index contributed by atoms with van der Waals surface area (Å²) in [6.45, 7) is 0. The first-order valence-electron chi connectivity index (χ1n) is 8.07. The normalized spacial score (nSPS) is 10.2. The fraction of sp³-hybridized carbons (Fsp3) is 0.0526. The maximum atomic E-state index is 12.5. The van der Waals surface area contributed by atoms with Crippen LogP contribution in [-0.4, -0.2) is 23.8 Å². The highest BCUT2D eigenvalue weighted by atomic mass is 32.1. The third kappa shape index (κ3) is 4.15. The van der Waals surface area contributed by atoms with E-state index in [2.05, 4.69) is 10.6 Å². The van der Waals surface area contributed by atoms with Gasteiger partial charge >= 0.3 is 0 Å². The molecule has 28 heavy (non-hydrogen) atoms. The zero-order chi connectivity index (χ0) is 20.1.